The molecule has 2 rings (SSSR count). The summed E-state index contributed by atoms with van der Waals surface area (Å²) in [5.74, 6) is 0.738. The maximum atomic E-state index is 11.7. The molecule has 0 saturated carbocycles. The Morgan fingerprint density at radius 2 is 1.85 bits per heavy atom. The first-order chi connectivity index (χ1) is 12.2. The first kappa shape index (κ1) is 19.8. The quantitative estimate of drug-likeness (QED) is 0.816. The number of carbonyl (C=O) groups excluding carboxylic acids is 1. The first-order valence-electron chi connectivity index (χ1n) is 8.67. The van der Waals surface area contributed by atoms with Crippen molar-refractivity contribution in [2.45, 2.75) is 46.0 Å². The van der Waals surface area contributed by atoms with Gasteiger partial charge in [0.25, 0.3) is 0 Å². The van der Waals surface area contributed by atoms with Gasteiger partial charge in [-0.25, -0.2) is 4.79 Å². The summed E-state index contributed by atoms with van der Waals surface area (Å²) in [7, 11) is 0. The molecule has 2 aromatic carbocycles. The Morgan fingerprint density at radius 1 is 1.15 bits per heavy atom. The second-order valence-corrected chi connectivity index (χ2v) is 7.19. The Hall–Kier alpha value is -2.53. The molecule has 0 aliphatic carbocycles. The molecule has 0 aromatic heterocycles. The highest BCUT2D eigenvalue weighted by atomic mass is 16.6. The molecule has 5 heteroatoms. The zero-order chi connectivity index (χ0) is 19.2. The molecule has 0 aliphatic heterocycles. The maximum Gasteiger partial charge on any atom is 0.407 e. The van der Waals surface area contributed by atoms with Crippen LogP contribution >= 0.6 is 0 Å². The van der Waals surface area contributed by atoms with Crippen LogP contribution in [-0.2, 0) is 11.3 Å². The highest BCUT2D eigenvalue weighted by molar-refractivity contribution is 5.67. The molecular formula is C21H27NO4. The van der Waals surface area contributed by atoms with Gasteiger partial charge in [-0.1, -0.05) is 36.4 Å². The van der Waals surface area contributed by atoms with Gasteiger partial charge in [0, 0.05) is 0 Å². The first-order valence-corrected chi connectivity index (χ1v) is 8.67. The average Bonchev–Trinajstić information content (AvgIpc) is 2.57. The van der Waals surface area contributed by atoms with Crippen molar-refractivity contribution < 1.29 is 19.4 Å². The highest BCUT2D eigenvalue weighted by Crippen LogP contribution is 2.23. The Kier molecular flexibility index (Phi) is 6.64. The number of ether oxygens (including phenoxy) is 2. The number of amides is 1. The molecule has 0 heterocycles. The van der Waals surface area contributed by atoms with Gasteiger partial charge in [-0.2, -0.15) is 0 Å². The topological polar surface area (TPSA) is 67.8 Å². The molecule has 1 atom stereocenters. The molecule has 0 fully saturated rings. The standard InChI is InChI=1S/C21H27NO4/c1-15-12-17(25-14-16-8-6-5-7-9-16)10-11-18(15)19(23)13-22-20(24)26-21(2,3)4/h5-12,19,23H,13-14H2,1-4H3,(H,22,24)/t19-/m1/s1. The van der Waals surface area contributed by atoms with E-state index in [4.69, 9.17) is 9.47 Å². The van der Waals surface area contributed by atoms with E-state index in [0.717, 1.165) is 22.4 Å². The molecule has 0 bridgehead atoms. The van der Waals surface area contributed by atoms with Crippen molar-refractivity contribution in [1.29, 1.82) is 0 Å². The molecule has 0 spiro atoms. The summed E-state index contributed by atoms with van der Waals surface area (Å²) >= 11 is 0. The van der Waals surface area contributed by atoms with Crippen LogP contribution in [0.4, 0.5) is 4.79 Å². The lowest BCUT2D eigenvalue weighted by Crippen LogP contribution is -2.34. The van der Waals surface area contributed by atoms with E-state index >= 15 is 0 Å². The van der Waals surface area contributed by atoms with Crippen molar-refractivity contribution in [1.82, 2.24) is 5.32 Å². The van der Waals surface area contributed by atoms with Crippen LogP contribution < -0.4 is 10.1 Å². The van der Waals surface area contributed by atoms with Crippen molar-refractivity contribution in [2.24, 2.45) is 0 Å². The smallest absolute Gasteiger partial charge is 0.407 e. The van der Waals surface area contributed by atoms with Crippen molar-refractivity contribution in [3.8, 4) is 5.75 Å². The van der Waals surface area contributed by atoms with Crippen molar-refractivity contribution in [2.75, 3.05) is 6.54 Å². The van der Waals surface area contributed by atoms with Crippen LogP contribution in [0.1, 0.15) is 43.6 Å². The van der Waals surface area contributed by atoms with Gasteiger partial charge >= 0.3 is 6.09 Å². The lowest BCUT2D eigenvalue weighted by Gasteiger charge is -2.21. The second kappa shape index (κ2) is 8.72. The number of aryl methyl sites for hydroxylation is 1. The van der Waals surface area contributed by atoms with Gasteiger partial charge in [-0.05, 0) is 56.5 Å². The SMILES string of the molecule is Cc1cc(OCc2ccccc2)ccc1[C@H](O)CNC(=O)OC(C)(C)C. The number of hydrogen-bond acceptors (Lipinski definition) is 4. The average molecular weight is 357 g/mol. The van der Waals surface area contributed by atoms with E-state index in [-0.39, 0.29) is 6.54 Å². The largest absolute Gasteiger partial charge is 0.489 e. The van der Waals surface area contributed by atoms with E-state index in [9.17, 15) is 9.90 Å². The fourth-order valence-corrected chi connectivity index (χ4v) is 2.46. The van der Waals surface area contributed by atoms with Crippen LogP contribution in [-0.4, -0.2) is 23.3 Å². The number of nitrogens with one attached hydrogen (secondary N) is 1. The number of aliphatic hydroxyl groups excluding tert-OH is 1. The lowest BCUT2D eigenvalue weighted by molar-refractivity contribution is 0.0491. The number of hydrogen-bond donors (Lipinski definition) is 2. The van der Waals surface area contributed by atoms with Gasteiger partial charge < -0.3 is 19.9 Å². The third kappa shape index (κ3) is 6.41. The predicted molar refractivity (Wildman–Crippen MR) is 101 cm³/mol. The van der Waals surface area contributed by atoms with Gasteiger partial charge in [0.05, 0.1) is 12.6 Å². The molecule has 2 N–H and O–H groups in total. The van der Waals surface area contributed by atoms with E-state index in [2.05, 4.69) is 5.32 Å². The van der Waals surface area contributed by atoms with E-state index in [1.165, 1.54) is 0 Å². The van der Waals surface area contributed by atoms with E-state index in [1.807, 2.05) is 55.5 Å². The molecule has 1 amide bonds. The summed E-state index contributed by atoms with van der Waals surface area (Å²) < 4.78 is 11.0. The van der Waals surface area contributed by atoms with Crippen LogP contribution in [0, 0.1) is 6.92 Å². The number of benzene rings is 2. The van der Waals surface area contributed by atoms with E-state index in [1.54, 1.807) is 20.8 Å². The predicted octanol–water partition coefficient (Wildman–Crippen LogP) is 4.13. The zero-order valence-electron chi connectivity index (χ0n) is 15.8. The fraction of sp³-hybridized carbons (Fsp3) is 0.381. The number of rotatable bonds is 6. The fourth-order valence-electron chi connectivity index (χ4n) is 2.46. The van der Waals surface area contributed by atoms with Crippen molar-refractivity contribution in [3.05, 3.63) is 65.2 Å². The minimum atomic E-state index is -0.814. The van der Waals surface area contributed by atoms with Gasteiger partial charge in [-0.3, -0.25) is 0 Å². The summed E-state index contributed by atoms with van der Waals surface area (Å²) in [6.07, 6.45) is -1.36. The van der Waals surface area contributed by atoms with Crippen molar-refractivity contribution >= 4 is 6.09 Å². The Labute approximate surface area is 155 Å². The van der Waals surface area contributed by atoms with Gasteiger partial charge in [-0.15, -0.1) is 0 Å². The molecule has 26 heavy (non-hydrogen) atoms. The monoisotopic (exact) mass is 357 g/mol. The summed E-state index contributed by atoms with van der Waals surface area (Å²) in [4.78, 5) is 11.7. The minimum absolute atomic E-state index is 0.0833. The lowest BCUT2D eigenvalue weighted by atomic mass is 10.0. The molecule has 140 valence electrons. The van der Waals surface area contributed by atoms with Gasteiger partial charge in [0.1, 0.15) is 18.0 Å². The van der Waals surface area contributed by atoms with E-state index in [0.29, 0.717) is 6.61 Å². The van der Waals surface area contributed by atoms with Crippen LogP contribution in [0.2, 0.25) is 0 Å². The summed E-state index contributed by atoms with van der Waals surface area (Å²) in [6.45, 7) is 7.85. The maximum absolute atomic E-state index is 11.7. The molecule has 0 unspecified atom stereocenters. The highest BCUT2D eigenvalue weighted by Gasteiger charge is 2.18. The Balaban J connectivity index is 1.90. The van der Waals surface area contributed by atoms with Gasteiger partial charge in [0.2, 0.25) is 0 Å². The van der Waals surface area contributed by atoms with Crippen LogP contribution in [0.3, 0.4) is 0 Å². The van der Waals surface area contributed by atoms with Crippen LogP contribution in [0.25, 0.3) is 0 Å². The molecule has 5 nitrogen and oxygen atoms in total. The molecule has 2 aromatic rings. The van der Waals surface area contributed by atoms with Crippen LogP contribution in [0.15, 0.2) is 48.5 Å². The number of aliphatic hydroxyl groups is 1. The number of carbonyl (C=O) groups is 1. The number of alkyl carbamates (subject to hydrolysis) is 1. The normalized spacial score (nSPS) is 12.3. The minimum Gasteiger partial charge on any atom is -0.489 e. The van der Waals surface area contributed by atoms with Crippen molar-refractivity contribution in [3.63, 3.8) is 0 Å². The summed E-state index contributed by atoms with van der Waals surface area (Å²) in [5.41, 5.74) is 2.17. The van der Waals surface area contributed by atoms with Gasteiger partial charge in [0.15, 0.2) is 0 Å². The summed E-state index contributed by atoms with van der Waals surface area (Å²) in [6, 6.07) is 15.5. The Morgan fingerprint density at radius 3 is 2.46 bits per heavy atom. The molecule has 0 aliphatic rings. The molecule has 0 radical (unpaired) electrons. The van der Waals surface area contributed by atoms with Crippen LogP contribution in [0.5, 0.6) is 5.75 Å². The zero-order valence-corrected chi connectivity index (χ0v) is 15.8. The third-order valence-electron chi connectivity index (χ3n) is 3.69. The molecular weight excluding hydrogens is 330 g/mol. The summed E-state index contributed by atoms with van der Waals surface area (Å²) in [5, 5.41) is 12.9. The van der Waals surface area contributed by atoms with E-state index < -0.39 is 17.8 Å². The second-order valence-electron chi connectivity index (χ2n) is 7.19. The Bertz CT molecular complexity index is 723. The molecule has 0 saturated heterocycles. The third-order valence-corrected chi connectivity index (χ3v) is 3.69.